The minimum absolute atomic E-state index is 0.0488. The average molecular weight is 232 g/mol. The van der Waals surface area contributed by atoms with Crippen molar-refractivity contribution in [2.45, 2.75) is 31.5 Å². The molecule has 1 saturated heterocycles. The van der Waals surface area contributed by atoms with Gasteiger partial charge in [0.05, 0.1) is 18.9 Å². The molecule has 0 aromatic heterocycles. The van der Waals surface area contributed by atoms with Crippen molar-refractivity contribution in [3.05, 3.63) is 0 Å². The third-order valence-electron chi connectivity index (χ3n) is 2.40. The Hall–Kier alpha value is -1.14. The Morgan fingerprint density at radius 3 is 2.81 bits per heavy atom. The fourth-order valence-electron chi connectivity index (χ4n) is 1.51. The molecule has 16 heavy (non-hydrogen) atoms. The molecule has 1 heterocycles. The molecule has 2 atom stereocenters. The van der Waals surface area contributed by atoms with E-state index in [0.29, 0.717) is 6.61 Å². The lowest BCUT2D eigenvalue weighted by Gasteiger charge is -2.16. The maximum absolute atomic E-state index is 11.1. The van der Waals surface area contributed by atoms with Crippen LogP contribution in [0, 0.1) is 0 Å². The van der Waals surface area contributed by atoms with Crippen molar-refractivity contribution >= 4 is 11.9 Å². The first-order chi connectivity index (χ1) is 7.63. The van der Waals surface area contributed by atoms with Crippen molar-refractivity contribution in [2.75, 3.05) is 20.3 Å². The van der Waals surface area contributed by atoms with Crippen LogP contribution in [-0.4, -0.2) is 49.6 Å². The lowest BCUT2D eigenvalue weighted by molar-refractivity contribution is -0.151. The molecule has 1 unspecified atom stereocenters. The zero-order valence-electron chi connectivity index (χ0n) is 9.18. The fourth-order valence-corrected chi connectivity index (χ4v) is 1.51. The summed E-state index contributed by atoms with van der Waals surface area (Å²) >= 11 is 0. The molecule has 0 aromatic carbocycles. The number of ether oxygens (including phenoxy) is 3. The number of aliphatic carboxylic acids is 1. The Balaban J connectivity index is 2.18. The Morgan fingerprint density at radius 2 is 2.19 bits per heavy atom. The molecule has 6 heteroatoms. The van der Waals surface area contributed by atoms with Crippen molar-refractivity contribution in [3.63, 3.8) is 0 Å². The maximum Gasteiger partial charge on any atom is 0.306 e. The molecule has 1 fully saturated rings. The molecule has 0 bridgehead atoms. The Kier molecular flexibility index (Phi) is 5.21. The van der Waals surface area contributed by atoms with Crippen LogP contribution in [0.2, 0.25) is 0 Å². The normalized spacial score (nSPS) is 24.3. The maximum atomic E-state index is 11.1. The SMILES string of the molecule is COC1CCO[C@@H]1COC(=O)CCC(=O)O. The van der Waals surface area contributed by atoms with Crippen LogP contribution in [0.3, 0.4) is 0 Å². The molecule has 1 aliphatic rings. The molecule has 6 nitrogen and oxygen atoms in total. The van der Waals surface area contributed by atoms with Crippen LogP contribution in [0.5, 0.6) is 0 Å². The van der Waals surface area contributed by atoms with Gasteiger partial charge in [0.15, 0.2) is 0 Å². The summed E-state index contributed by atoms with van der Waals surface area (Å²) < 4.78 is 15.4. The Morgan fingerprint density at radius 1 is 1.44 bits per heavy atom. The van der Waals surface area contributed by atoms with Gasteiger partial charge in [-0.2, -0.15) is 0 Å². The molecule has 92 valence electrons. The van der Waals surface area contributed by atoms with E-state index in [4.69, 9.17) is 19.3 Å². The van der Waals surface area contributed by atoms with Crippen molar-refractivity contribution in [2.24, 2.45) is 0 Å². The molecule has 0 amide bonds. The van der Waals surface area contributed by atoms with Crippen molar-refractivity contribution in [1.82, 2.24) is 0 Å². The smallest absolute Gasteiger partial charge is 0.306 e. The zero-order valence-corrected chi connectivity index (χ0v) is 9.18. The zero-order chi connectivity index (χ0) is 12.0. The average Bonchev–Trinajstić information content (AvgIpc) is 2.70. The number of carboxylic acid groups (broad SMARTS) is 1. The van der Waals surface area contributed by atoms with Gasteiger partial charge in [-0.05, 0) is 6.42 Å². The van der Waals surface area contributed by atoms with Gasteiger partial charge in [0.25, 0.3) is 0 Å². The van der Waals surface area contributed by atoms with E-state index in [1.54, 1.807) is 7.11 Å². The number of carbonyl (C=O) groups is 2. The second kappa shape index (κ2) is 6.44. The van der Waals surface area contributed by atoms with Crippen molar-refractivity contribution in [3.8, 4) is 0 Å². The second-order valence-corrected chi connectivity index (χ2v) is 3.55. The van der Waals surface area contributed by atoms with Gasteiger partial charge in [-0.1, -0.05) is 0 Å². The van der Waals surface area contributed by atoms with E-state index >= 15 is 0 Å². The number of carboxylic acids is 1. The third-order valence-corrected chi connectivity index (χ3v) is 2.40. The number of hydrogen-bond donors (Lipinski definition) is 1. The lowest BCUT2D eigenvalue weighted by atomic mass is 10.2. The van der Waals surface area contributed by atoms with E-state index in [9.17, 15) is 9.59 Å². The number of esters is 1. The molecule has 1 rings (SSSR count). The molecule has 0 aliphatic carbocycles. The minimum Gasteiger partial charge on any atom is -0.481 e. The van der Waals surface area contributed by atoms with Gasteiger partial charge in [0.1, 0.15) is 12.7 Å². The number of methoxy groups -OCH3 is 1. The number of rotatable bonds is 6. The molecular weight excluding hydrogens is 216 g/mol. The van der Waals surface area contributed by atoms with Gasteiger partial charge in [-0.15, -0.1) is 0 Å². The Bertz CT molecular complexity index is 252. The summed E-state index contributed by atoms with van der Waals surface area (Å²) in [7, 11) is 1.58. The first-order valence-corrected chi connectivity index (χ1v) is 5.15. The summed E-state index contributed by atoms with van der Waals surface area (Å²) in [6.07, 6.45) is 0.178. The second-order valence-electron chi connectivity index (χ2n) is 3.55. The summed E-state index contributed by atoms with van der Waals surface area (Å²) in [5.74, 6) is -1.53. The van der Waals surface area contributed by atoms with Crippen LogP contribution in [0.4, 0.5) is 0 Å². The van der Waals surface area contributed by atoms with Crippen LogP contribution in [0.15, 0.2) is 0 Å². The van der Waals surface area contributed by atoms with Crippen LogP contribution >= 0.6 is 0 Å². The summed E-state index contributed by atoms with van der Waals surface area (Å²) in [4.78, 5) is 21.3. The fraction of sp³-hybridized carbons (Fsp3) is 0.800. The summed E-state index contributed by atoms with van der Waals surface area (Å²) in [5.41, 5.74) is 0. The van der Waals surface area contributed by atoms with Crippen molar-refractivity contribution in [1.29, 1.82) is 0 Å². The van der Waals surface area contributed by atoms with Crippen LogP contribution in [0.1, 0.15) is 19.3 Å². The van der Waals surface area contributed by atoms with Crippen molar-refractivity contribution < 1.29 is 28.9 Å². The predicted molar refractivity (Wildman–Crippen MR) is 53.0 cm³/mol. The molecule has 0 aromatic rings. The highest BCUT2D eigenvalue weighted by Crippen LogP contribution is 2.16. The monoisotopic (exact) mass is 232 g/mol. The van der Waals surface area contributed by atoms with Crippen LogP contribution in [-0.2, 0) is 23.8 Å². The molecule has 0 saturated carbocycles. The molecule has 1 N–H and O–H groups in total. The van der Waals surface area contributed by atoms with Gasteiger partial charge >= 0.3 is 11.9 Å². The van der Waals surface area contributed by atoms with Crippen LogP contribution < -0.4 is 0 Å². The standard InChI is InChI=1S/C10H16O6/c1-14-7-4-5-15-8(7)6-16-10(13)3-2-9(11)12/h7-8H,2-6H2,1H3,(H,11,12)/t7?,8-/m1/s1. The first-order valence-electron chi connectivity index (χ1n) is 5.15. The largest absolute Gasteiger partial charge is 0.481 e. The molecule has 0 spiro atoms. The van der Waals surface area contributed by atoms with Gasteiger partial charge in [-0.25, -0.2) is 0 Å². The Labute approximate surface area is 93.5 Å². The summed E-state index contributed by atoms with van der Waals surface area (Å²) in [6, 6.07) is 0. The topological polar surface area (TPSA) is 82.1 Å². The van der Waals surface area contributed by atoms with E-state index < -0.39 is 11.9 Å². The third kappa shape index (κ3) is 4.16. The highest BCUT2D eigenvalue weighted by molar-refractivity contribution is 5.76. The highest BCUT2D eigenvalue weighted by atomic mass is 16.6. The highest BCUT2D eigenvalue weighted by Gasteiger charge is 2.29. The number of carbonyl (C=O) groups excluding carboxylic acids is 1. The van der Waals surface area contributed by atoms with Crippen LogP contribution in [0.25, 0.3) is 0 Å². The van der Waals surface area contributed by atoms with E-state index in [1.807, 2.05) is 0 Å². The van der Waals surface area contributed by atoms with Gasteiger partial charge in [-0.3, -0.25) is 9.59 Å². The predicted octanol–water partition coefficient (Wildman–Crippen LogP) is 0.198. The van der Waals surface area contributed by atoms with Gasteiger partial charge < -0.3 is 19.3 Å². The minimum atomic E-state index is -1.01. The van der Waals surface area contributed by atoms with E-state index in [0.717, 1.165) is 6.42 Å². The quantitative estimate of drug-likeness (QED) is 0.659. The summed E-state index contributed by atoms with van der Waals surface area (Å²) in [6.45, 7) is 0.715. The molecule has 0 radical (unpaired) electrons. The van der Waals surface area contributed by atoms with Gasteiger partial charge in [0, 0.05) is 13.7 Å². The first kappa shape index (κ1) is 12.9. The lowest BCUT2D eigenvalue weighted by Crippen LogP contribution is -2.29. The number of hydrogen-bond acceptors (Lipinski definition) is 5. The van der Waals surface area contributed by atoms with E-state index in [-0.39, 0.29) is 31.7 Å². The summed E-state index contributed by atoms with van der Waals surface area (Å²) in [5, 5.41) is 8.37. The van der Waals surface area contributed by atoms with Gasteiger partial charge in [0.2, 0.25) is 0 Å². The van der Waals surface area contributed by atoms with E-state index in [2.05, 4.69) is 0 Å². The molecular formula is C10H16O6. The molecule has 1 aliphatic heterocycles. The van der Waals surface area contributed by atoms with E-state index in [1.165, 1.54) is 0 Å².